The normalized spacial score (nSPS) is 18.9. The van der Waals surface area contributed by atoms with Gasteiger partial charge in [0.15, 0.2) is 0 Å². The summed E-state index contributed by atoms with van der Waals surface area (Å²) >= 11 is 0. The highest BCUT2D eigenvalue weighted by molar-refractivity contribution is 5.33. The standard InChI is InChI=1S/C35H46N2O2/c1-3-29-11-13-30(14-12-29)26-36-22-20-35(21-23-36)19-7-6-9-32-8-4-5-10-34(32)39-25-24-37(28-35)27-31-15-17-33(38-2)18-16-31/h4-5,8,10-18H,3,6-7,9,19-28H2,1-2H3. The molecule has 0 amide bonds. The van der Waals surface area contributed by atoms with Crippen LogP contribution in [0.4, 0.5) is 0 Å². The largest absolute Gasteiger partial charge is 0.497 e. The van der Waals surface area contributed by atoms with Gasteiger partial charge < -0.3 is 9.47 Å². The number of hydrogen-bond acceptors (Lipinski definition) is 4. The highest BCUT2D eigenvalue weighted by atomic mass is 16.5. The van der Waals surface area contributed by atoms with E-state index in [1.165, 1.54) is 67.4 Å². The van der Waals surface area contributed by atoms with Crippen molar-refractivity contribution in [1.29, 1.82) is 0 Å². The number of para-hydroxylation sites is 1. The van der Waals surface area contributed by atoms with Crippen LogP contribution in [0.3, 0.4) is 0 Å². The van der Waals surface area contributed by atoms with Crippen molar-refractivity contribution >= 4 is 0 Å². The molecule has 4 nitrogen and oxygen atoms in total. The molecule has 39 heavy (non-hydrogen) atoms. The van der Waals surface area contributed by atoms with Crippen molar-refractivity contribution in [2.75, 3.05) is 39.9 Å². The Morgan fingerprint density at radius 3 is 2.13 bits per heavy atom. The molecule has 2 heterocycles. The summed E-state index contributed by atoms with van der Waals surface area (Å²) in [6, 6.07) is 26.5. The second-order valence-electron chi connectivity index (χ2n) is 11.7. The fourth-order valence-corrected chi connectivity index (χ4v) is 6.44. The summed E-state index contributed by atoms with van der Waals surface area (Å²) < 4.78 is 11.8. The fourth-order valence-electron chi connectivity index (χ4n) is 6.44. The van der Waals surface area contributed by atoms with E-state index in [0.29, 0.717) is 5.41 Å². The zero-order valence-corrected chi connectivity index (χ0v) is 24.0. The van der Waals surface area contributed by atoms with Crippen molar-refractivity contribution < 1.29 is 9.47 Å². The summed E-state index contributed by atoms with van der Waals surface area (Å²) in [6.45, 7) is 9.42. The molecule has 5 rings (SSSR count). The second kappa shape index (κ2) is 13.5. The van der Waals surface area contributed by atoms with Crippen LogP contribution in [0.25, 0.3) is 0 Å². The fraction of sp³-hybridized carbons (Fsp3) is 0.486. The van der Waals surface area contributed by atoms with Crippen LogP contribution in [0, 0.1) is 5.41 Å². The number of rotatable bonds is 6. The van der Waals surface area contributed by atoms with Gasteiger partial charge in [-0.15, -0.1) is 0 Å². The number of methoxy groups -OCH3 is 1. The molecule has 1 fully saturated rings. The number of fused-ring (bicyclic) bond motifs is 1. The minimum atomic E-state index is 0.369. The van der Waals surface area contributed by atoms with E-state index in [2.05, 4.69) is 89.5 Å². The maximum atomic E-state index is 6.37. The van der Waals surface area contributed by atoms with E-state index in [1.54, 1.807) is 7.11 Å². The Hall–Kier alpha value is -2.82. The smallest absolute Gasteiger partial charge is 0.122 e. The minimum Gasteiger partial charge on any atom is -0.497 e. The molecule has 0 unspecified atom stereocenters. The summed E-state index contributed by atoms with van der Waals surface area (Å²) in [4.78, 5) is 5.33. The second-order valence-corrected chi connectivity index (χ2v) is 11.7. The molecule has 1 saturated heterocycles. The third-order valence-electron chi connectivity index (χ3n) is 8.92. The van der Waals surface area contributed by atoms with Crippen molar-refractivity contribution in [3.05, 3.63) is 95.1 Å². The highest BCUT2D eigenvalue weighted by Gasteiger charge is 2.36. The molecule has 3 aromatic carbocycles. The molecule has 2 aliphatic rings. The average Bonchev–Trinajstić information content (AvgIpc) is 2.97. The summed E-state index contributed by atoms with van der Waals surface area (Å²) in [5.41, 5.74) is 5.93. The van der Waals surface area contributed by atoms with Crippen molar-refractivity contribution in [2.24, 2.45) is 5.41 Å². The van der Waals surface area contributed by atoms with E-state index >= 15 is 0 Å². The molecule has 3 aromatic rings. The van der Waals surface area contributed by atoms with Crippen molar-refractivity contribution in [3.8, 4) is 11.5 Å². The lowest BCUT2D eigenvalue weighted by atomic mass is 9.73. The van der Waals surface area contributed by atoms with Gasteiger partial charge in [-0.2, -0.15) is 0 Å². The number of hydrogen-bond donors (Lipinski definition) is 0. The number of likely N-dealkylation sites (tertiary alicyclic amines) is 1. The lowest BCUT2D eigenvalue weighted by molar-refractivity contribution is 0.0410. The van der Waals surface area contributed by atoms with Crippen LogP contribution in [0.5, 0.6) is 11.5 Å². The lowest BCUT2D eigenvalue weighted by Gasteiger charge is -2.45. The topological polar surface area (TPSA) is 24.9 Å². The van der Waals surface area contributed by atoms with Crippen molar-refractivity contribution in [1.82, 2.24) is 9.80 Å². The molecular weight excluding hydrogens is 480 g/mol. The van der Waals surface area contributed by atoms with Gasteiger partial charge in [0.1, 0.15) is 18.1 Å². The van der Waals surface area contributed by atoms with E-state index in [4.69, 9.17) is 9.47 Å². The van der Waals surface area contributed by atoms with Gasteiger partial charge in [-0.25, -0.2) is 0 Å². The molecule has 2 aliphatic heterocycles. The predicted octanol–water partition coefficient (Wildman–Crippen LogP) is 7.15. The predicted molar refractivity (Wildman–Crippen MR) is 161 cm³/mol. The Morgan fingerprint density at radius 1 is 0.744 bits per heavy atom. The van der Waals surface area contributed by atoms with Gasteiger partial charge in [-0.1, -0.05) is 67.9 Å². The first kappa shape index (κ1) is 27.7. The Kier molecular flexibility index (Phi) is 9.60. The molecule has 0 saturated carbocycles. The molecule has 0 N–H and O–H groups in total. The van der Waals surface area contributed by atoms with Gasteiger partial charge in [0, 0.05) is 26.2 Å². The SMILES string of the molecule is CCc1ccc(CN2CCC3(CCCCc4ccccc4OCCN(Cc4ccc(OC)cc4)C3)CC2)cc1. The summed E-state index contributed by atoms with van der Waals surface area (Å²) in [7, 11) is 1.73. The average molecular weight is 527 g/mol. The van der Waals surface area contributed by atoms with Gasteiger partial charge in [0.05, 0.1) is 7.11 Å². The molecule has 0 radical (unpaired) electrons. The maximum absolute atomic E-state index is 6.37. The molecule has 0 aliphatic carbocycles. The number of benzene rings is 3. The van der Waals surface area contributed by atoms with Crippen LogP contribution < -0.4 is 9.47 Å². The van der Waals surface area contributed by atoms with E-state index < -0.39 is 0 Å². The Labute approximate surface area is 235 Å². The van der Waals surface area contributed by atoms with E-state index in [-0.39, 0.29) is 0 Å². The summed E-state index contributed by atoms with van der Waals surface area (Å²) in [5, 5.41) is 0. The Bertz CT molecular complexity index is 1150. The van der Waals surface area contributed by atoms with Crippen LogP contribution in [0.2, 0.25) is 0 Å². The van der Waals surface area contributed by atoms with Crippen molar-refractivity contribution in [2.45, 2.75) is 65.0 Å². The minimum absolute atomic E-state index is 0.369. The van der Waals surface area contributed by atoms with Crippen LogP contribution >= 0.6 is 0 Å². The number of nitrogens with zero attached hydrogens (tertiary/aromatic N) is 2. The highest BCUT2D eigenvalue weighted by Crippen LogP contribution is 2.39. The Balaban J connectivity index is 1.29. The third kappa shape index (κ3) is 7.64. The van der Waals surface area contributed by atoms with Crippen LogP contribution in [-0.2, 0) is 25.9 Å². The zero-order chi connectivity index (χ0) is 26.9. The Morgan fingerprint density at radius 2 is 1.41 bits per heavy atom. The quantitative estimate of drug-likeness (QED) is 0.341. The first-order valence-electron chi connectivity index (χ1n) is 15.0. The molecule has 208 valence electrons. The van der Waals surface area contributed by atoms with E-state index in [1.807, 2.05) is 0 Å². The van der Waals surface area contributed by atoms with E-state index in [0.717, 1.165) is 57.1 Å². The third-order valence-corrected chi connectivity index (χ3v) is 8.92. The molecular formula is C35H46N2O2. The number of ether oxygens (including phenoxy) is 2. The summed E-state index contributed by atoms with van der Waals surface area (Å²) in [6.07, 6.45) is 8.59. The van der Waals surface area contributed by atoms with E-state index in [9.17, 15) is 0 Å². The van der Waals surface area contributed by atoms with Gasteiger partial charge in [0.25, 0.3) is 0 Å². The molecule has 4 heteroatoms. The maximum Gasteiger partial charge on any atom is 0.122 e. The number of piperidine rings is 1. The monoisotopic (exact) mass is 526 g/mol. The first-order chi connectivity index (χ1) is 19.1. The summed E-state index contributed by atoms with van der Waals surface area (Å²) in [5.74, 6) is 1.98. The van der Waals surface area contributed by atoms with Gasteiger partial charge in [-0.05, 0) is 97.5 Å². The molecule has 0 atom stereocenters. The van der Waals surface area contributed by atoms with Crippen molar-refractivity contribution in [3.63, 3.8) is 0 Å². The molecule has 1 spiro atoms. The number of aryl methyl sites for hydroxylation is 2. The molecule has 0 bridgehead atoms. The zero-order valence-electron chi connectivity index (χ0n) is 24.0. The first-order valence-corrected chi connectivity index (χ1v) is 15.0. The van der Waals surface area contributed by atoms with Gasteiger partial charge in [-0.3, -0.25) is 9.80 Å². The van der Waals surface area contributed by atoms with Gasteiger partial charge in [0.2, 0.25) is 0 Å². The van der Waals surface area contributed by atoms with Gasteiger partial charge >= 0.3 is 0 Å². The molecule has 0 aromatic heterocycles. The van der Waals surface area contributed by atoms with Crippen LogP contribution in [0.1, 0.15) is 61.3 Å². The van der Waals surface area contributed by atoms with Crippen LogP contribution in [0.15, 0.2) is 72.8 Å². The van der Waals surface area contributed by atoms with Crippen LogP contribution in [-0.4, -0.2) is 49.7 Å². The lowest BCUT2D eigenvalue weighted by Crippen LogP contribution is -2.46.